The molecule has 0 saturated carbocycles. The molecule has 1 atom stereocenters. The van der Waals surface area contributed by atoms with Gasteiger partial charge in [0, 0.05) is 37.5 Å². The van der Waals surface area contributed by atoms with E-state index in [0.29, 0.717) is 6.54 Å². The van der Waals surface area contributed by atoms with Gasteiger partial charge >= 0.3 is 0 Å². The molecule has 0 spiro atoms. The number of hydrogen-bond donors (Lipinski definition) is 2. The fourth-order valence-electron chi connectivity index (χ4n) is 2.86. The number of nitrogens with zero attached hydrogens (tertiary/aromatic N) is 1. The van der Waals surface area contributed by atoms with E-state index in [2.05, 4.69) is 27.0 Å². The van der Waals surface area contributed by atoms with Crippen LogP contribution in [-0.2, 0) is 17.8 Å². The van der Waals surface area contributed by atoms with Gasteiger partial charge in [0.25, 0.3) is 5.92 Å². The minimum absolute atomic E-state index is 0.319. The number of carbonyl (C=O) groups excluding carboxylic acids is 1. The minimum Gasteiger partial charge on any atom is -0.353 e. The van der Waals surface area contributed by atoms with Crippen LogP contribution < -0.4 is 10.6 Å². The van der Waals surface area contributed by atoms with Gasteiger partial charge in [0.05, 0.1) is 12.6 Å². The number of hydrogen-bond acceptors (Lipinski definition) is 4. The van der Waals surface area contributed by atoms with Crippen molar-refractivity contribution in [2.45, 2.75) is 31.4 Å². The summed E-state index contributed by atoms with van der Waals surface area (Å²) in [7, 11) is 0. The molecule has 7 heteroatoms. The molecule has 3 rings (SSSR count). The number of carbonyl (C=O) groups is 1. The molecule has 0 aromatic carbocycles. The lowest BCUT2D eigenvalue weighted by Crippen LogP contribution is -2.44. The third-order valence-electron chi connectivity index (χ3n) is 4.04. The van der Waals surface area contributed by atoms with Gasteiger partial charge in [-0.3, -0.25) is 15.0 Å². The zero-order chi connectivity index (χ0) is 14.9. The Hall–Kier alpha value is -1.05. The molecule has 1 saturated heterocycles. The lowest BCUT2D eigenvalue weighted by Gasteiger charge is -2.26. The van der Waals surface area contributed by atoms with Crippen LogP contribution in [0.1, 0.15) is 16.9 Å². The maximum absolute atomic E-state index is 13.0. The van der Waals surface area contributed by atoms with Crippen molar-refractivity contribution in [3.05, 3.63) is 21.9 Å². The summed E-state index contributed by atoms with van der Waals surface area (Å²) in [6, 6.07) is 1.39. The topological polar surface area (TPSA) is 44.4 Å². The zero-order valence-corrected chi connectivity index (χ0v) is 12.5. The van der Waals surface area contributed by atoms with Crippen molar-refractivity contribution in [2.24, 2.45) is 0 Å². The number of halogens is 2. The van der Waals surface area contributed by atoms with E-state index in [1.165, 1.54) is 10.4 Å². The van der Waals surface area contributed by atoms with E-state index in [9.17, 15) is 13.6 Å². The average Bonchev–Trinajstić information content (AvgIpc) is 3.04. The van der Waals surface area contributed by atoms with Crippen LogP contribution in [0.2, 0.25) is 0 Å². The summed E-state index contributed by atoms with van der Waals surface area (Å²) < 4.78 is 26.1. The molecule has 21 heavy (non-hydrogen) atoms. The Bertz CT molecular complexity index is 520. The van der Waals surface area contributed by atoms with E-state index >= 15 is 0 Å². The molecule has 3 heterocycles. The molecular formula is C14H19F2N3OS. The number of nitrogens with one attached hydrogen (secondary N) is 2. The molecule has 116 valence electrons. The minimum atomic E-state index is -2.76. The molecule has 2 N–H and O–H groups in total. The second-order valence-electron chi connectivity index (χ2n) is 5.68. The average molecular weight is 315 g/mol. The Morgan fingerprint density at radius 1 is 1.57 bits per heavy atom. The first-order chi connectivity index (χ1) is 10.0. The summed E-state index contributed by atoms with van der Waals surface area (Å²) in [5.41, 5.74) is 1.37. The molecule has 0 aliphatic carbocycles. The Morgan fingerprint density at radius 2 is 2.43 bits per heavy atom. The second kappa shape index (κ2) is 5.98. The highest BCUT2D eigenvalue weighted by Gasteiger charge is 2.42. The van der Waals surface area contributed by atoms with Gasteiger partial charge in [-0.2, -0.15) is 0 Å². The fraction of sp³-hybridized carbons (Fsp3) is 0.643. The maximum Gasteiger partial charge on any atom is 0.262 e. The monoisotopic (exact) mass is 315 g/mol. The van der Waals surface area contributed by atoms with Crippen molar-refractivity contribution in [1.82, 2.24) is 15.5 Å². The van der Waals surface area contributed by atoms with E-state index in [1.807, 2.05) is 0 Å². The summed E-state index contributed by atoms with van der Waals surface area (Å²) in [5, 5.41) is 7.44. The highest BCUT2D eigenvalue weighted by molar-refractivity contribution is 7.10. The van der Waals surface area contributed by atoms with Gasteiger partial charge in [-0.05, 0) is 23.4 Å². The summed E-state index contributed by atoms with van der Waals surface area (Å²) in [4.78, 5) is 15.5. The Morgan fingerprint density at radius 3 is 3.19 bits per heavy atom. The lowest BCUT2D eigenvalue weighted by molar-refractivity contribution is -0.123. The van der Waals surface area contributed by atoms with E-state index in [1.54, 1.807) is 11.3 Å². The molecule has 2 aliphatic rings. The van der Waals surface area contributed by atoms with Crippen molar-refractivity contribution in [3.63, 3.8) is 0 Å². The summed E-state index contributed by atoms with van der Waals surface area (Å²) in [5.74, 6) is -3.08. The molecule has 1 unspecified atom stereocenters. The normalized spacial score (nSPS) is 24.8. The highest BCUT2D eigenvalue weighted by atomic mass is 32.1. The fourth-order valence-corrected chi connectivity index (χ4v) is 3.75. The Balaban J connectivity index is 1.40. The van der Waals surface area contributed by atoms with Crippen molar-refractivity contribution in [2.75, 3.05) is 26.2 Å². The SMILES string of the molecule is O=C(NCCN1CCc2sccc2C1)C1CC(F)(F)CN1. The van der Waals surface area contributed by atoms with E-state index < -0.39 is 24.9 Å². The molecular weight excluding hydrogens is 296 g/mol. The van der Waals surface area contributed by atoms with Crippen LogP contribution >= 0.6 is 11.3 Å². The van der Waals surface area contributed by atoms with Crippen LogP contribution in [-0.4, -0.2) is 49.0 Å². The molecule has 0 radical (unpaired) electrons. The van der Waals surface area contributed by atoms with Gasteiger partial charge in [-0.1, -0.05) is 0 Å². The van der Waals surface area contributed by atoms with Gasteiger partial charge in [0.15, 0.2) is 0 Å². The first kappa shape index (κ1) is 14.9. The number of rotatable bonds is 4. The predicted molar refractivity (Wildman–Crippen MR) is 77.7 cm³/mol. The lowest BCUT2D eigenvalue weighted by atomic mass is 10.1. The molecule has 1 aromatic heterocycles. The summed E-state index contributed by atoms with van der Waals surface area (Å²) >= 11 is 1.80. The van der Waals surface area contributed by atoms with E-state index in [-0.39, 0.29) is 5.91 Å². The summed E-state index contributed by atoms with van der Waals surface area (Å²) in [6.07, 6.45) is 0.651. The molecule has 1 amide bonds. The van der Waals surface area contributed by atoms with Crippen LogP contribution in [0.15, 0.2) is 11.4 Å². The van der Waals surface area contributed by atoms with Gasteiger partial charge in [0.2, 0.25) is 5.91 Å². The number of fused-ring (bicyclic) bond motifs is 1. The third-order valence-corrected chi connectivity index (χ3v) is 5.06. The van der Waals surface area contributed by atoms with Crippen molar-refractivity contribution < 1.29 is 13.6 Å². The van der Waals surface area contributed by atoms with Crippen LogP contribution in [0.4, 0.5) is 8.78 Å². The van der Waals surface area contributed by atoms with Crippen molar-refractivity contribution in [1.29, 1.82) is 0 Å². The Kier molecular flexibility index (Phi) is 4.24. The smallest absolute Gasteiger partial charge is 0.262 e. The quantitative estimate of drug-likeness (QED) is 0.878. The first-order valence-electron chi connectivity index (χ1n) is 7.20. The maximum atomic E-state index is 13.0. The van der Waals surface area contributed by atoms with Gasteiger partial charge in [0.1, 0.15) is 0 Å². The zero-order valence-electron chi connectivity index (χ0n) is 11.7. The van der Waals surface area contributed by atoms with Crippen LogP contribution in [0.3, 0.4) is 0 Å². The van der Waals surface area contributed by atoms with Crippen molar-refractivity contribution in [3.8, 4) is 0 Å². The third kappa shape index (κ3) is 3.59. The number of thiophene rings is 1. The molecule has 2 aliphatic heterocycles. The van der Waals surface area contributed by atoms with Crippen LogP contribution in [0.5, 0.6) is 0 Å². The van der Waals surface area contributed by atoms with Gasteiger partial charge in [-0.15, -0.1) is 11.3 Å². The molecule has 4 nitrogen and oxygen atoms in total. The number of alkyl halides is 2. The molecule has 0 bridgehead atoms. The molecule has 1 aromatic rings. The standard InChI is InChI=1S/C14H19F2N3OS/c15-14(16)7-11(18-9-14)13(20)17-3-5-19-4-1-12-10(8-19)2-6-21-12/h2,6,11,18H,1,3-5,7-9H2,(H,17,20). The first-order valence-corrected chi connectivity index (χ1v) is 8.08. The van der Waals surface area contributed by atoms with E-state index in [4.69, 9.17) is 0 Å². The van der Waals surface area contributed by atoms with E-state index in [0.717, 1.165) is 26.1 Å². The van der Waals surface area contributed by atoms with Gasteiger partial charge in [-0.25, -0.2) is 8.78 Å². The molecule has 1 fully saturated rings. The van der Waals surface area contributed by atoms with Gasteiger partial charge < -0.3 is 5.32 Å². The number of amides is 1. The summed E-state index contributed by atoms with van der Waals surface area (Å²) in [6.45, 7) is 2.75. The largest absolute Gasteiger partial charge is 0.353 e. The second-order valence-corrected chi connectivity index (χ2v) is 6.68. The van der Waals surface area contributed by atoms with Crippen LogP contribution in [0, 0.1) is 0 Å². The van der Waals surface area contributed by atoms with Crippen molar-refractivity contribution >= 4 is 17.2 Å². The highest BCUT2D eigenvalue weighted by Crippen LogP contribution is 2.25. The Labute approximate surface area is 126 Å². The van der Waals surface area contributed by atoms with Crippen LogP contribution in [0.25, 0.3) is 0 Å². The predicted octanol–water partition coefficient (Wildman–Crippen LogP) is 1.22.